The topological polar surface area (TPSA) is 49.3 Å². The maximum absolute atomic E-state index is 13.4. The molecule has 1 unspecified atom stereocenters. The van der Waals surface area contributed by atoms with Crippen LogP contribution in [0.2, 0.25) is 0 Å². The van der Waals surface area contributed by atoms with Crippen LogP contribution in [0.5, 0.6) is 0 Å². The van der Waals surface area contributed by atoms with Crippen LogP contribution in [-0.4, -0.2) is 35.7 Å². The lowest BCUT2D eigenvalue weighted by Crippen LogP contribution is -2.46. The standard InChI is InChI=1S/C26H28N4O/c1-19-8-2-4-12-22(19)23-14-15-25(28-27-23)29-16-6-11-21(18-29)26(31)30-17-7-10-20-9-3-5-13-24(20)30/h2-5,8-9,12-15,21H,6-7,10-11,16-18H2,1H3. The van der Waals surface area contributed by atoms with Gasteiger partial charge in [-0.1, -0.05) is 42.5 Å². The summed E-state index contributed by atoms with van der Waals surface area (Å²) in [4.78, 5) is 17.7. The Morgan fingerprint density at radius 3 is 2.61 bits per heavy atom. The van der Waals surface area contributed by atoms with Gasteiger partial charge in [-0.3, -0.25) is 4.79 Å². The normalized spacial score (nSPS) is 18.5. The van der Waals surface area contributed by atoms with Gasteiger partial charge < -0.3 is 9.80 Å². The van der Waals surface area contributed by atoms with Gasteiger partial charge in [-0.05, 0) is 61.9 Å². The van der Waals surface area contributed by atoms with Crippen LogP contribution in [0.15, 0.2) is 60.7 Å². The number of para-hydroxylation sites is 1. The first-order valence-corrected chi connectivity index (χ1v) is 11.2. The molecule has 3 aromatic rings. The van der Waals surface area contributed by atoms with Crippen LogP contribution in [0, 0.1) is 12.8 Å². The number of carbonyl (C=O) groups is 1. The van der Waals surface area contributed by atoms with Gasteiger partial charge in [-0.25, -0.2) is 0 Å². The van der Waals surface area contributed by atoms with Gasteiger partial charge in [0.05, 0.1) is 11.6 Å². The summed E-state index contributed by atoms with van der Waals surface area (Å²) in [6.45, 7) is 4.52. The number of rotatable bonds is 3. The van der Waals surface area contributed by atoms with Crippen LogP contribution in [0.3, 0.4) is 0 Å². The average molecular weight is 413 g/mol. The highest BCUT2D eigenvalue weighted by Gasteiger charge is 2.32. The van der Waals surface area contributed by atoms with E-state index in [2.05, 4.69) is 52.4 Å². The molecule has 2 aromatic carbocycles. The molecule has 1 saturated heterocycles. The van der Waals surface area contributed by atoms with E-state index in [9.17, 15) is 4.79 Å². The maximum atomic E-state index is 13.4. The summed E-state index contributed by atoms with van der Waals surface area (Å²) in [5, 5.41) is 9.00. The minimum Gasteiger partial charge on any atom is -0.354 e. The monoisotopic (exact) mass is 412 g/mol. The van der Waals surface area contributed by atoms with E-state index >= 15 is 0 Å². The molecule has 0 aliphatic carbocycles. The Kier molecular flexibility index (Phi) is 5.41. The SMILES string of the molecule is Cc1ccccc1-c1ccc(N2CCCC(C(=O)N3CCCc4ccccc43)C2)nn1. The van der Waals surface area contributed by atoms with Gasteiger partial charge in [-0.15, -0.1) is 10.2 Å². The van der Waals surface area contributed by atoms with Crippen molar-refractivity contribution in [1.29, 1.82) is 0 Å². The van der Waals surface area contributed by atoms with Gasteiger partial charge in [0.15, 0.2) is 5.82 Å². The summed E-state index contributed by atoms with van der Waals surface area (Å²) in [5.41, 5.74) is 5.56. The highest BCUT2D eigenvalue weighted by atomic mass is 16.2. The Hall–Kier alpha value is -3.21. The lowest BCUT2D eigenvalue weighted by Gasteiger charge is -2.37. The second-order valence-corrected chi connectivity index (χ2v) is 8.60. The first kappa shape index (κ1) is 19.7. The highest BCUT2D eigenvalue weighted by Crippen LogP contribution is 2.31. The number of aromatic nitrogens is 2. The number of anilines is 2. The van der Waals surface area contributed by atoms with Crippen molar-refractivity contribution in [3.05, 3.63) is 71.8 Å². The van der Waals surface area contributed by atoms with Crippen molar-refractivity contribution in [2.24, 2.45) is 5.92 Å². The number of fused-ring (bicyclic) bond motifs is 1. The van der Waals surface area contributed by atoms with Crippen LogP contribution < -0.4 is 9.80 Å². The molecule has 5 rings (SSSR count). The first-order chi connectivity index (χ1) is 15.2. The zero-order chi connectivity index (χ0) is 21.2. The molecule has 158 valence electrons. The summed E-state index contributed by atoms with van der Waals surface area (Å²) in [6.07, 6.45) is 4.01. The van der Waals surface area contributed by atoms with Crippen molar-refractivity contribution < 1.29 is 4.79 Å². The summed E-state index contributed by atoms with van der Waals surface area (Å²) >= 11 is 0. The van der Waals surface area contributed by atoms with Crippen LogP contribution in [0.25, 0.3) is 11.3 Å². The molecule has 1 atom stereocenters. The smallest absolute Gasteiger partial charge is 0.231 e. The predicted molar refractivity (Wildman–Crippen MR) is 124 cm³/mol. The Morgan fingerprint density at radius 1 is 0.935 bits per heavy atom. The summed E-state index contributed by atoms with van der Waals surface area (Å²) < 4.78 is 0. The van der Waals surface area contributed by atoms with Crippen LogP contribution in [0.1, 0.15) is 30.4 Å². The number of piperidine rings is 1. The molecular formula is C26H28N4O. The van der Waals surface area contributed by atoms with Crippen molar-refractivity contribution in [3.63, 3.8) is 0 Å². The Bertz CT molecular complexity index is 1080. The largest absolute Gasteiger partial charge is 0.354 e. The van der Waals surface area contributed by atoms with E-state index in [1.54, 1.807) is 0 Å². The fourth-order valence-corrected chi connectivity index (χ4v) is 4.87. The molecule has 1 amide bonds. The molecular weight excluding hydrogens is 384 g/mol. The van der Waals surface area contributed by atoms with E-state index in [-0.39, 0.29) is 11.8 Å². The third kappa shape index (κ3) is 3.92. The van der Waals surface area contributed by atoms with Crippen molar-refractivity contribution in [3.8, 4) is 11.3 Å². The van der Waals surface area contributed by atoms with Crippen LogP contribution in [-0.2, 0) is 11.2 Å². The van der Waals surface area contributed by atoms with Gasteiger partial charge in [0.2, 0.25) is 5.91 Å². The van der Waals surface area contributed by atoms with Crippen molar-refractivity contribution in [1.82, 2.24) is 10.2 Å². The molecule has 31 heavy (non-hydrogen) atoms. The number of carbonyl (C=O) groups excluding carboxylic acids is 1. The average Bonchev–Trinajstić information content (AvgIpc) is 2.84. The minimum absolute atomic E-state index is 0.00208. The number of nitrogens with zero attached hydrogens (tertiary/aromatic N) is 4. The second kappa shape index (κ2) is 8.50. The number of benzene rings is 2. The predicted octanol–water partition coefficient (Wildman–Crippen LogP) is 4.65. The number of aryl methyl sites for hydroxylation is 2. The fraction of sp³-hybridized carbons (Fsp3) is 0.346. The van der Waals surface area contributed by atoms with Crippen molar-refractivity contribution >= 4 is 17.4 Å². The Morgan fingerprint density at radius 2 is 1.77 bits per heavy atom. The van der Waals surface area contributed by atoms with E-state index in [0.717, 1.165) is 61.5 Å². The van der Waals surface area contributed by atoms with Crippen molar-refractivity contribution in [2.45, 2.75) is 32.6 Å². The Labute approximate surface area is 183 Å². The summed E-state index contributed by atoms with van der Waals surface area (Å²) in [7, 11) is 0. The van der Waals surface area contributed by atoms with Gasteiger partial charge in [0, 0.05) is 30.9 Å². The summed E-state index contributed by atoms with van der Waals surface area (Å²) in [5.74, 6) is 1.10. The summed E-state index contributed by atoms with van der Waals surface area (Å²) in [6, 6.07) is 20.6. The highest BCUT2D eigenvalue weighted by molar-refractivity contribution is 5.96. The lowest BCUT2D eigenvalue weighted by molar-refractivity contribution is -0.122. The molecule has 0 saturated carbocycles. The van der Waals surface area contributed by atoms with E-state index in [0.29, 0.717) is 6.54 Å². The maximum Gasteiger partial charge on any atom is 0.231 e. The van der Waals surface area contributed by atoms with Gasteiger partial charge in [0.1, 0.15) is 0 Å². The van der Waals surface area contributed by atoms with E-state index in [1.807, 2.05) is 35.2 Å². The quantitative estimate of drug-likeness (QED) is 0.628. The molecule has 2 aliphatic heterocycles. The van der Waals surface area contributed by atoms with Crippen molar-refractivity contribution in [2.75, 3.05) is 29.4 Å². The number of hydrogen-bond donors (Lipinski definition) is 0. The number of amides is 1. The third-order valence-corrected chi connectivity index (χ3v) is 6.54. The van der Waals surface area contributed by atoms with Gasteiger partial charge >= 0.3 is 0 Å². The number of hydrogen-bond acceptors (Lipinski definition) is 4. The molecule has 5 heteroatoms. The fourth-order valence-electron chi connectivity index (χ4n) is 4.87. The second-order valence-electron chi connectivity index (χ2n) is 8.60. The zero-order valence-corrected chi connectivity index (χ0v) is 18.0. The van der Waals surface area contributed by atoms with Crippen LogP contribution >= 0.6 is 0 Å². The zero-order valence-electron chi connectivity index (χ0n) is 18.0. The first-order valence-electron chi connectivity index (χ1n) is 11.2. The molecule has 0 spiro atoms. The van der Waals surface area contributed by atoms with E-state index in [1.165, 1.54) is 11.1 Å². The van der Waals surface area contributed by atoms with E-state index in [4.69, 9.17) is 0 Å². The molecule has 5 nitrogen and oxygen atoms in total. The van der Waals surface area contributed by atoms with Gasteiger partial charge in [-0.2, -0.15) is 0 Å². The molecule has 2 aliphatic rings. The molecule has 0 bridgehead atoms. The third-order valence-electron chi connectivity index (χ3n) is 6.54. The molecule has 1 fully saturated rings. The lowest BCUT2D eigenvalue weighted by atomic mass is 9.94. The van der Waals surface area contributed by atoms with Gasteiger partial charge in [0.25, 0.3) is 0 Å². The molecule has 3 heterocycles. The van der Waals surface area contributed by atoms with Crippen LogP contribution in [0.4, 0.5) is 11.5 Å². The Balaban J connectivity index is 1.32. The minimum atomic E-state index is -0.00208. The van der Waals surface area contributed by atoms with E-state index < -0.39 is 0 Å². The molecule has 1 aromatic heterocycles. The molecule has 0 N–H and O–H groups in total. The molecule has 0 radical (unpaired) electrons.